The fourth-order valence-electron chi connectivity index (χ4n) is 1.89. The van der Waals surface area contributed by atoms with Crippen LogP contribution >= 0.6 is 0 Å². The van der Waals surface area contributed by atoms with E-state index in [-0.39, 0.29) is 0 Å². The van der Waals surface area contributed by atoms with Crippen molar-refractivity contribution in [2.45, 2.75) is 19.9 Å². The normalized spacial score (nSPS) is 10.6. The molecule has 0 amide bonds. The Hall–Kier alpha value is -2.04. The average Bonchev–Trinajstić information content (AvgIpc) is 2.76. The van der Waals surface area contributed by atoms with Crippen molar-refractivity contribution < 1.29 is 0 Å². The van der Waals surface area contributed by atoms with Crippen molar-refractivity contribution >= 4 is 11.4 Å². The summed E-state index contributed by atoms with van der Waals surface area (Å²) in [5.74, 6) is 0.959. The molecule has 0 fully saturated rings. The zero-order valence-corrected chi connectivity index (χ0v) is 10.9. The quantitative estimate of drug-likeness (QED) is 0.816. The molecule has 5 heteroatoms. The molecule has 0 aliphatic heterocycles. The maximum Gasteiger partial charge on any atom is 0.146 e. The predicted octanol–water partition coefficient (Wildman–Crippen LogP) is 1.81. The Morgan fingerprint density at radius 1 is 1.28 bits per heavy atom. The van der Waals surface area contributed by atoms with Gasteiger partial charge < -0.3 is 10.6 Å². The van der Waals surface area contributed by atoms with Crippen molar-refractivity contribution in [3.8, 4) is 0 Å². The summed E-state index contributed by atoms with van der Waals surface area (Å²) in [6, 6.07) is 7.94. The highest BCUT2D eigenvalue weighted by molar-refractivity contribution is 5.53. The van der Waals surface area contributed by atoms with Gasteiger partial charge >= 0.3 is 0 Å². The van der Waals surface area contributed by atoms with Crippen LogP contribution in [0, 0.1) is 0 Å². The highest BCUT2D eigenvalue weighted by atomic mass is 15.3. The van der Waals surface area contributed by atoms with E-state index in [4.69, 9.17) is 5.73 Å². The predicted molar refractivity (Wildman–Crippen MR) is 73.2 cm³/mol. The van der Waals surface area contributed by atoms with Crippen LogP contribution in [0.3, 0.4) is 0 Å². The molecule has 0 saturated carbocycles. The number of nitrogens with two attached hydrogens (primary N) is 1. The lowest BCUT2D eigenvalue weighted by Gasteiger charge is -2.23. The maximum atomic E-state index is 5.72. The number of rotatable bonds is 5. The lowest BCUT2D eigenvalue weighted by atomic mass is 10.2. The topological polar surface area (TPSA) is 60.0 Å². The third kappa shape index (κ3) is 2.80. The van der Waals surface area contributed by atoms with Crippen LogP contribution in [0.4, 0.5) is 11.4 Å². The zero-order valence-electron chi connectivity index (χ0n) is 10.9. The molecule has 0 saturated heterocycles. The van der Waals surface area contributed by atoms with Crippen molar-refractivity contribution in [3.05, 3.63) is 36.4 Å². The lowest BCUT2D eigenvalue weighted by Crippen LogP contribution is -2.25. The molecule has 18 heavy (non-hydrogen) atoms. The van der Waals surface area contributed by atoms with Gasteiger partial charge in [0.15, 0.2) is 0 Å². The molecule has 0 aliphatic rings. The molecule has 2 aromatic rings. The Morgan fingerprint density at radius 2 is 2.00 bits per heavy atom. The SMILES string of the molecule is CCCN(Cc1ncnn1C)c1ccc(N)cc1. The van der Waals surface area contributed by atoms with E-state index in [9.17, 15) is 0 Å². The Labute approximate surface area is 107 Å². The number of aromatic nitrogens is 3. The molecule has 96 valence electrons. The van der Waals surface area contributed by atoms with Gasteiger partial charge in [0.2, 0.25) is 0 Å². The largest absolute Gasteiger partial charge is 0.399 e. The minimum Gasteiger partial charge on any atom is -0.399 e. The summed E-state index contributed by atoms with van der Waals surface area (Å²) >= 11 is 0. The lowest BCUT2D eigenvalue weighted by molar-refractivity contribution is 0.662. The number of aryl methyl sites for hydroxylation is 1. The Kier molecular flexibility index (Phi) is 3.82. The Balaban J connectivity index is 2.18. The van der Waals surface area contributed by atoms with E-state index in [0.29, 0.717) is 0 Å². The van der Waals surface area contributed by atoms with Gasteiger partial charge in [0, 0.05) is 25.0 Å². The summed E-state index contributed by atoms with van der Waals surface area (Å²) in [6.07, 6.45) is 2.67. The smallest absolute Gasteiger partial charge is 0.146 e. The van der Waals surface area contributed by atoms with Crippen molar-refractivity contribution in [2.75, 3.05) is 17.2 Å². The molecule has 1 aromatic carbocycles. The summed E-state index contributed by atoms with van der Waals surface area (Å²) in [6.45, 7) is 3.91. The number of nitrogens with zero attached hydrogens (tertiary/aromatic N) is 4. The second-order valence-electron chi connectivity index (χ2n) is 4.31. The van der Waals surface area contributed by atoms with Gasteiger partial charge in [-0.1, -0.05) is 6.92 Å². The monoisotopic (exact) mass is 245 g/mol. The first-order valence-corrected chi connectivity index (χ1v) is 6.14. The van der Waals surface area contributed by atoms with Crippen molar-refractivity contribution in [2.24, 2.45) is 7.05 Å². The van der Waals surface area contributed by atoms with Gasteiger partial charge in [-0.05, 0) is 30.7 Å². The van der Waals surface area contributed by atoms with Gasteiger partial charge in [0.25, 0.3) is 0 Å². The van der Waals surface area contributed by atoms with E-state index in [2.05, 4.69) is 21.9 Å². The van der Waals surface area contributed by atoms with Gasteiger partial charge in [0.05, 0.1) is 6.54 Å². The Bertz CT molecular complexity index is 488. The van der Waals surface area contributed by atoms with E-state index in [0.717, 1.165) is 36.7 Å². The minimum absolute atomic E-state index is 0.758. The van der Waals surface area contributed by atoms with Crippen LogP contribution in [0.2, 0.25) is 0 Å². The van der Waals surface area contributed by atoms with Crippen LogP contribution in [0.15, 0.2) is 30.6 Å². The fourth-order valence-corrected chi connectivity index (χ4v) is 1.89. The van der Waals surface area contributed by atoms with Crippen LogP contribution in [-0.2, 0) is 13.6 Å². The molecule has 2 rings (SSSR count). The number of anilines is 2. The third-order valence-electron chi connectivity index (χ3n) is 2.89. The first-order valence-electron chi connectivity index (χ1n) is 6.14. The summed E-state index contributed by atoms with van der Waals surface area (Å²) in [4.78, 5) is 6.55. The molecule has 5 nitrogen and oxygen atoms in total. The van der Waals surface area contributed by atoms with E-state index >= 15 is 0 Å². The van der Waals surface area contributed by atoms with Gasteiger partial charge in [-0.3, -0.25) is 4.68 Å². The van der Waals surface area contributed by atoms with E-state index < -0.39 is 0 Å². The van der Waals surface area contributed by atoms with Crippen molar-refractivity contribution in [1.29, 1.82) is 0 Å². The number of nitrogen functional groups attached to an aromatic ring is 1. The standard InChI is InChI=1S/C13H19N5/c1-3-8-18(9-13-15-10-16-17(13)2)12-6-4-11(14)5-7-12/h4-7,10H,3,8-9,14H2,1-2H3. The third-order valence-corrected chi connectivity index (χ3v) is 2.89. The molecule has 0 radical (unpaired) electrons. The number of hydrogen-bond acceptors (Lipinski definition) is 4. The first-order chi connectivity index (χ1) is 8.70. The van der Waals surface area contributed by atoms with Crippen LogP contribution in [0.5, 0.6) is 0 Å². The van der Waals surface area contributed by atoms with E-state index in [1.54, 1.807) is 11.0 Å². The summed E-state index contributed by atoms with van der Waals surface area (Å²) in [5, 5.41) is 4.10. The molecule has 1 aromatic heterocycles. The van der Waals surface area contributed by atoms with Gasteiger partial charge in [-0.15, -0.1) is 0 Å². The van der Waals surface area contributed by atoms with Crippen molar-refractivity contribution in [1.82, 2.24) is 14.8 Å². The van der Waals surface area contributed by atoms with Crippen LogP contribution in [0.25, 0.3) is 0 Å². The molecule has 1 heterocycles. The molecule has 0 unspecified atom stereocenters. The number of benzene rings is 1. The number of hydrogen-bond donors (Lipinski definition) is 1. The fraction of sp³-hybridized carbons (Fsp3) is 0.385. The highest BCUT2D eigenvalue weighted by Gasteiger charge is 2.09. The molecule has 0 bridgehead atoms. The first kappa shape index (κ1) is 12.4. The Morgan fingerprint density at radius 3 is 2.56 bits per heavy atom. The van der Waals surface area contributed by atoms with Gasteiger partial charge in [-0.2, -0.15) is 5.10 Å². The summed E-state index contributed by atoms with van der Waals surface area (Å²) in [5.41, 5.74) is 7.66. The van der Waals surface area contributed by atoms with Gasteiger partial charge in [-0.25, -0.2) is 4.98 Å². The van der Waals surface area contributed by atoms with E-state index in [1.165, 1.54) is 0 Å². The second kappa shape index (κ2) is 5.53. The average molecular weight is 245 g/mol. The van der Waals surface area contributed by atoms with Crippen LogP contribution in [-0.4, -0.2) is 21.3 Å². The zero-order chi connectivity index (χ0) is 13.0. The molecule has 0 spiro atoms. The molecule has 0 atom stereocenters. The minimum atomic E-state index is 0.758. The summed E-state index contributed by atoms with van der Waals surface area (Å²) < 4.78 is 1.81. The molecular weight excluding hydrogens is 226 g/mol. The highest BCUT2D eigenvalue weighted by Crippen LogP contribution is 2.18. The van der Waals surface area contributed by atoms with Crippen LogP contribution < -0.4 is 10.6 Å². The molecule has 2 N–H and O–H groups in total. The summed E-state index contributed by atoms with van der Waals surface area (Å²) in [7, 11) is 1.91. The second-order valence-corrected chi connectivity index (χ2v) is 4.31. The molecule has 0 aliphatic carbocycles. The van der Waals surface area contributed by atoms with Crippen LogP contribution in [0.1, 0.15) is 19.2 Å². The van der Waals surface area contributed by atoms with E-state index in [1.807, 2.05) is 31.3 Å². The van der Waals surface area contributed by atoms with Gasteiger partial charge in [0.1, 0.15) is 12.2 Å². The maximum absolute atomic E-state index is 5.72. The molecular formula is C13H19N5. The van der Waals surface area contributed by atoms with Crippen molar-refractivity contribution in [3.63, 3.8) is 0 Å².